The van der Waals surface area contributed by atoms with Gasteiger partial charge >= 0.3 is 0 Å². The fourth-order valence-corrected chi connectivity index (χ4v) is 1.60. The van der Waals surface area contributed by atoms with Crippen LogP contribution in [0, 0.1) is 6.92 Å². The van der Waals surface area contributed by atoms with E-state index < -0.39 is 0 Å². The van der Waals surface area contributed by atoms with Crippen molar-refractivity contribution in [3.8, 4) is 5.75 Å². The zero-order valence-corrected chi connectivity index (χ0v) is 11.1. The van der Waals surface area contributed by atoms with Crippen LogP contribution in [0.4, 0.5) is 0 Å². The third-order valence-electron chi connectivity index (χ3n) is 2.49. The number of nitrogens with one attached hydrogen (secondary N) is 1. The van der Waals surface area contributed by atoms with Gasteiger partial charge in [-0.15, -0.1) is 0 Å². The van der Waals surface area contributed by atoms with E-state index in [1.54, 1.807) is 31.2 Å². The van der Waals surface area contributed by atoms with E-state index in [2.05, 4.69) is 15.5 Å². The first kappa shape index (κ1) is 14.0. The topological polar surface area (TPSA) is 103 Å². The Morgan fingerprint density at radius 2 is 2.25 bits per heavy atom. The number of benzene rings is 1. The number of hydrogen-bond donors (Lipinski definition) is 2. The van der Waals surface area contributed by atoms with Crippen LogP contribution in [-0.2, 0) is 6.61 Å². The average molecular weight is 276 g/mol. The van der Waals surface area contributed by atoms with Crippen LogP contribution in [0.3, 0.4) is 0 Å². The average Bonchev–Trinajstić information content (AvgIpc) is 2.88. The minimum atomic E-state index is -0.227. The molecule has 2 aromatic rings. The number of rotatable bonds is 6. The number of hydrogen-bond acceptors (Lipinski definition) is 6. The Labute approximate surface area is 116 Å². The van der Waals surface area contributed by atoms with E-state index in [0.717, 1.165) is 0 Å². The zero-order chi connectivity index (χ0) is 14.4. The predicted octanol–water partition coefficient (Wildman–Crippen LogP) is 0.646. The number of nitrogens with zero attached hydrogens (tertiary/aromatic N) is 2. The molecule has 1 heterocycles. The lowest BCUT2D eigenvalue weighted by molar-refractivity contribution is 0.0950. The van der Waals surface area contributed by atoms with Crippen LogP contribution >= 0.6 is 0 Å². The van der Waals surface area contributed by atoms with Gasteiger partial charge < -0.3 is 20.3 Å². The van der Waals surface area contributed by atoms with Gasteiger partial charge in [0.25, 0.3) is 5.91 Å². The van der Waals surface area contributed by atoms with E-state index in [4.69, 9.17) is 15.0 Å². The summed E-state index contributed by atoms with van der Waals surface area (Å²) in [4.78, 5) is 16.0. The fourth-order valence-electron chi connectivity index (χ4n) is 1.60. The largest absolute Gasteiger partial charge is 0.485 e. The fraction of sp³-hybridized carbons (Fsp3) is 0.308. The monoisotopic (exact) mass is 276 g/mol. The summed E-state index contributed by atoms with van der Waals surface area (Å²) >= 11 is 0. The first-order valence-electron chi connectivity index (χ1n) is 6.20. The van der Waals surface area contributed by atoms with Crippen LogP contribution < -0.4 is 15.8 Å². The molecule has 0 aliphatic rings. The summed E-state index contributed by atoms with van der Waals surface area (Å²) in [6, 6.07) is 6.95. The smallest absolute Gasteiger partial charge is 0.255 e. The van der Waals surface area contributed by atoms with Crippen LogP contribution in [-0.4, -0.2) is 29.1 Å². The van der Waals surface area contributed by atoms with E-state index in [0.29, 0.717) is 36.1 Å². The molecule has 0 radical (unpaired) electrons. The molecule has 2 rings (SSSR count). The highest BCUT2D eigenvalue weighted by atomic mass is 16.5. The number of ether oxygens (including phenoxy) is 1. The Bertz CT molecular complexity index is 583. The van der Waals surface area contributed by atoms with Gasteiger partial charge in [0, 0.05) is 20.0 Å². The maximum absolute atomic E-state index is 11.9. The second-order valence-electron chi connectivity index (χ2n) is 4.06. The number of carbonyl (C=O) groups is 1. The highest BCUT2D eigenvalue weighted by molar-refractivity contribution is 5.96. The molecule has 7 nitrogen and oxygen atoms in total. The summed E-state index contributed by atoms with van der Waals surface area (Å²) in [6.45, 7) is 2.64. The summed E-state index contributed by atoms with van der Waals surface area (Å²) in [6.07, 6.45) is 0. The molecule has 106 valence electrons. The second-order valence-corrected chi connectivity index (χ2v) is 4.06. The Kier molecular flexibility index (Phi) is 4.67. The van der Waals surface area contributed by atoms with Gasteiger partial charge in [-0.2, -0.15) is 4.98 Å². The summed E-state index contributed by atoms with van der Waals surface area (Å²) < 4.78 is 10.4. The summed E-state index contributed by atoms with van der Waals surface area (Å²) in [5, 5.41) is 6.42. The summed E-state index contributed by atoms with van der Waals surface area (Å²) in [5.74, 6) is 1.14. The van der Waals surface area contributed by atoms with Gasteiger partial charge in [0.2, 0.25) is 11.7 Å². The van der Waals surface area contributed by atoms with E-state index in [1.807, 2.05) is 0 Å². The number of aryl methyl sites for hydroxylation is 1. The van der Waals surface area contributed by atoms with Crippen molar-refractivity contribution in [2.45, 2.75) is 13.5 Å². The number of amides is 1. The van der Waals surface area contributed by atoms with Gasteiger partial charge in [0.1, 0.15) is 5.75 Å². The maximum atomic E-state index is 11.9. The lowest BCUT2D eigenvalue weighted by atomic mass is 10.2. The van der Waals surface area contributed by atoms with Gasteiger partial charge in [0.15, 0.2) is 6.61 Å². The van der Waals surface area contributed by atoms with Gasteiger partial charge in [0.05, 0.1) is 5.56 Å². The van der Waals surface area contributed by atoms with Crippen LogP contribution in [0.2, 0.25) is 0 Å². The number of aromatic nitrogens is 2. The van der Waals surface area contributed by atoms with Crippen LogP contribution in [0.1, 0.15) is 22.1 Å². The first-order chi connectivity index (χ1) is 9.70. The molecule has 20 heavy (non-hydrogen) atoms. The molecule has 0 unspecified atom stereocenters. The molecule has 3 N–H and O–H groups in total. The van der Waals surface area contributed by atoms with Gasteiger partial charge in [-0.05, 0) is 12.1 Å². The molecule has 0 bridgehead atoms. The van der Waals surface area contributed by atoms with Gasteiger partial charge in [-0.3, -0.25) is 4.79 Å². The molecule has 0 atom stereocenters. The standard InChI is InChI=1S/C13H16N4O3/c1-9-16-12(17-20-9)8-19-11-5-3-2-4-10(11)13(18)15-7-6-14/h2-5H,6-8,14H2,1H3,(H,15,18). The summed E-state index contributed by atoms with van der Waals surface area (Å²) in [7, 11) is 0. The number of nitrogens with two attached hydrogens (primary N) is 1. The minimum absolute atomic E-state index is 0.137. The molecule has 7 heteroatoms. The molecule has 0 aliphatic heterocycles. The lowest BCUT2D eigenvalue weighted by Gasteiger charge is -2.10. The van der Waals surface area contributed by atoms with Crippen molar-refractivity contribution >= 4 is 5.91 Å². The maximum Gasteiger partial charge on any atom is 0.255 e. The van der Waals surface area contributed by atoms with Crippen molar-refractivity contribution in [1.82, 2.24) is 15.5 Å². The molecule has 0 spiro atoms. The highest BCUT2D eigenvalue weighted by Crippen LogP contribution is 2.18. The molecular weight excluding hydrogens is 260 g/mol. The number of carbonyl (C=O) groups excluding carboxylic acids is 1. The van der Waals surface area contributed by atoms with Crippen molar-refractivity contribution in [1.29, 1.82) is 0 Å². The quantitative estimate of drug-likeness (QED) is 0.802. The van der Waals surface area contributed by atoms with Crippen LogP contribution in [0.5, 0.6) is 5.75 Å². The van der Waals surface area contributed by atoms with Crippen molar-refractivity contribution in [3.05, 3.63) is 41.5 Å². The molecule has 1 aromatic carbocycles. The molecule has 0 saturated carbocycles. The Morgan fingerprint density at radius 3 is 2.95 bits per heavy atom. The Balaban J connectivity index is 2.05. The van der Waals surface area contributed by atoms with Gasteiger partial charge in [-0.1, -0.05) is 17.3 Å². The summed E-state index contributed by atoms with van der Waals surface area (Å²) in [5.41, 5.74) is 5.80. The molecule has 0 aliphatic carbocycles. The van der Waals surface area contributed by atoms with E-state index in [-0.39, 0.29) is 12.5 Å². The normalized spacial score (nSPS) is 10.3. The van der Waals surface area contributed by atoms with E-state index >= 15 is 0 Å². The van der Waals surface area contributed by atoms with Crippen LogP contribution in [0.15, 0.2) is 28.8 Å². The molecular formula is C13H16N4O3. The SMILES string of the molecule is Cc1nc(COc2ccccc2C(=O)NCCN)no1. The van der Waals surface area contributed by atoms with Crippen molar-refractivity contribution in [3.63, 3.8) is 0 Å². The van der Waals surface area contributed by atoms with Crippen molar-refractivity contribution in [2.24, 2.45) is 5.73 Å². The third kappa shape index (κ3) is 3.55. The molecule has 1 amide bonds. The van der Waals surface area contributed by atoms with E-state index in [1.165, 1.54) is 0 Å². The van der Waals surface area contributed by atoms with Crippen LogP contribution in [0.25, 0.3) is 0 Å². The zero-order valence-electron chi connectivity index (χ0n) is 11.1. The molecule has 0 saturated heterocycles. The molecule has 1 aromatic heterocycles. The Hall–Kier alpha value is -2.41. The molecule has 0 fully saturated rings. The Morgan fingerprint density at radius 1 is 1.45 bits per heavy atom. The lowest BCUT2D eigenvalue weighted by Crippen LogP contribution is -2.29. The van der Waals surface area contributed by atoms with E-state index in [9.17, 15) is 4.79 Å². The van der Waals surface area contributed by atoms with Crippen molar-refractivity contribution < 1.29 is 14.1 Å². The first-order valence-corrected chi connectivity index (χ1v) is 6.20. The minimum Gasteiger partial charge on any atom is -0.485 e. The second kappa shape index (κ2) is 6.67. The highest BCUT2D eigenvalue weighted by Gasteiger charge is 2.12. The predicted molar refractivity (Wildman–Crippen MR) is 71.2 cm³/mol. The van der Waals surface area contributed by atoms with Gasteiger partial charge in [-0.25, -0.2) is 0 Å². The number of para-hydroxylation sites is 1. The van der Waals surface area contributed by atoms with Crippen molar-refractivity contribution in [2.75, 3.05) is 13.1 Å². The third-order valence-corrected chi connectivity index (χ3v) is 2.49.